The number of carbonyl (C=O) groups is 1. The van der Waals surface area contributed by atoms with Gasteiger partial charge in [0.1, 0.15) is 5.76 Å². The van der Waals surface area contributed by atoms with Crippen LogP contribution in [-0.4, -0.2) is 50.6 Å². The van der Waals surface area contributed by atoms with Crippen LogP contribution in [0.15, 0.2) is 21.5 Å². The zero-order valence-corrected chi connectivity index (χ0v) is 12.5. The molecule has 2 rings (SSSR count). The Morgan fingerprint density at radius 2 is 2.38 bits per heavy atom. The zero-order valence-electron chi connectivity index (χ0n) is 12.5. The van der Waals surface area contributed by atoms with Gasteiger partial charge in [0, 0.05) is 33.2 Å². The molecule has 1 aromatic heterocycles. The lowest BCUT2D eigenvalue weighted by Gasteiger charge is -2.24. The predicted octanol–water partition coefficient (Wildman–Crippen LogP) is 0.422. The molecular weight excluding hydrogens is 272 g/mol. The Morgan fingerprint density at radius 1 is 1.57 bits per heavy atom. The third kappa shape index (κ3) is 4.22. The molecule has 1 aromatic rings. The molecule has 1 atom stereocenters. The number of nitrogens with one attached hydrogen (secondary N) is 1. The summed E-state index contributed by atoms with van der Waals surface area (Å²) < 4.78 is 10.7. The van der Waals surface area contributed by atoms with E-state index in [0.29, 0.717) is 18.2 Å². The van der Waals surface area contributed by atoms with Crippen LogP contribution >= 0.6 is 0 Å². The number of nitrogens with zero attached hydrogens (tertiary/aromatic N) is 2. The van der Waals surface area contributed by atoms with E-state index in [2.05, 4.69) is 15.2 Å². The van der Waals surface area contributed by atoms with Gasteiger partial charge in [-0.1, -0.05) is 0 Å². The number of aliphatic imine (C=N–C) groups is 1. The molecule has 1 amide bonds. The minimum atomic E-state index is -0.566. The summed E-state index contributed by atoms with van der Waals surface area (Å²) in [6.45, 7) is 2.99. The maximum atomic E-state index is 11.0. The lowest BCUT2D eigenvalue weighted by molar-refractivity contribution is 0.0972. The van der Waals surface area contributed by atoms with Gasteiger partial charge in [0.2, 0.25) is 0 Å². The Bertz CT molecular complexity index is 506. The molecule has 7 heteroatoms. The van der Waals surface area contributed by atoms with Gasteiger partial charge in [0.25, 0.3) is 5.91 Å². The van der Waals surface area contributed by atoms with E-state index in [4.69, 9.17) is 14.9 Å². The van der Waals surface area contributed by atoms with E-state index in [0.717, 1.165) is 32.1 Å². The van der Waals surface area contributed by atoms with Gasteiger partial charge in [-0.2, -0.15) is 0 Å². The third-order valence-electron chi connectivity index (χ3n) is 3.45. The number of hydrogen-bond acceptors (Lipinski definition) is 4. The third-order valence-corrected chi connectivity index (χ3v) is 3.45. The summed E-state index contributed by atoms with van der Waals surface area (Å²) in [4.78, 5) is 17.3. The highest BCUT2D eigenvalue weighted by Gasteiger charge is 2.19. The van der Waals surface area contributed by atoms with E-state index >= 15 is 0 Å². The van der Waals surface area contributed by atoms with Gasteiger partial charge in [-0.3, -0.25) is 9.79 Å². The monoisotopic (exact) mass is 294 g/mol. The Labute approximate surface area is 124 Å². The van der Waals surface area contributed by atoms with E-state index in [9.17, 15) is 4.79 Å². The first kappa shape index (κ1) is 15.4. The number of carbonyl (C=O) groups excluding carboxylic acids is 1. The topological polar surface area (TPSA) is 93.1 Å². The summed E-state index contributed by atoms with van der Waals surface area (Å²) >= 11 is 0. The standard InChI is InChI=1S/C14H22N4O3/c1-16-14(18(2)8-10-5-6-20-9-10)17-7-11-3-4-12(21-11)13(15)19/h3-4,10H,5-9H2,1-2H3,(H2,15,19)(H,16,17). The first-order valence-corrected chi connectivity index (χ1v) is 6.98. The van der Waals surface area contributed by atoms with Crippen molar-refractivity contribution >= 4 is 11.9 Å². The SMILES string of the molecule is CN=C(NCc1ccc(C(N)=O)o1)N(C)CC1CCOC1. The molecule has 3 N–H and O–H groups in total. The van der Waals surface area contributed by atoms with Crippen molar-refractivity contribution in [3.8, 4) is 0 Å². The molecule has 0 aromatic carbocycles. The van der Waals surface area contributed by atoms with Crippen LogP contribution in [0.25, 0.3) is 0 Å². The van der Waals surface area contributed by atoms with Crippen LogP contribution in [0, 0.1) is 5.92 Å². The summed E-state index contributed by atoms with van der Waals surface area (Å²) in [5.41, 5.74) is 5.15. The van der Waals surface area contributed by atoms with Crippen LogP contribution in [0.1, 0.15) is 22.7 Å². The van der Waals surface area contributed by atoms with Crippen LogP contribution in [0.5, 0.6) is 0 Å². The Kier molecular flexibility index (Phi) is 5.21. The summed E-state index contributed by atoms with van der Waals surface area (Å²) in [5, 5.41) is 3.20. The molecule has 0 spiro atoms. The van der Waals surface area contributed by atoms with E-state index in [1.165, 1.54) is 0 Å². The van der Waals surface area contributed by atoms with E-state index in [1.807, 2.05) is 7.05 Å². The molecule has 1 aliphatic heterocycles. The van der Waals surface area contributed by atoms with Gasteiger partial charge < -0.3 is 25.1 Å². The Balaban J connectivity index is 1.84. The number of furan rings is 1. The number of hydrogen-bond donors (Lipinski definition) is 2. The van der Waals surface area contributed by atoms with Gasteiger partial charge in [0.05, 0.1) is 13.2 Å². The maximum absolute atomic E-state index is 11.0. The fourth-order valence-electron chi connectivity index (χ4n) is 2.36. The van der Waals surface area contributed by atoms with Crippen molar-refractivity contribution in [2.24, 2.45) is 16.6 Å². The number of primary amides is 1. The first-order chi connectivity index (χ1) is 10.1. The molecule has 1 fully saturated rings. The van der Waals surface area contributed by atoms with Crippen molar-refractivity contribution in [2.45, 2.75) is 13.0 Å². The normalized spacial score (nSPS) is 18.8. The van der Waals surface area contributed by atoms with Crippen molar-refractivity contribution in [1.29, 1.82) is 0 Å². The second kappa shape index (κ2) is 7.12. The quantitative estimate of drug-likeness (QED) is 0.606. The van der Waals surface area contributed by atoms with Gasteiger partial charge in [-0.15, -0.1) is 0 Å². The second-order valence-corrected chi connectivity index (χ2v) is 5.14. The van der Waals surface area contributed by atoms with E-state index in [1.54, 1.807) is 19.2 Å². The lowest BCUT2D eigenvalue weighted by Crippen LogP contribution is -2.41. The Hall–Kier alpha value is -2.02. The molecule has 2 heterocycles. The maximum Gasteiger partial charge on any atom is 0.284 e. The highest BCUT2D eigenvalue weighted by molar-refractivity contribution is 5.89. The van der Waals surface area contributed by atoms with Gasteiger partial charge in [0.15, 0.2) is 11.7 Å². The van der Waals surface area contributed by atoms with Crippen LogP contribution in [0.3, 0.4) is 0 Å². The molecule has 116 valence electrons. The van der Waals surface area contributed by atoms with Crippen molar-refractivity contribution < 1.29 is 13.9 Å². The van der Waals surface area contributed by atoms with Crippen LogP contribution in [0.4, 0.5) is 0 Å². The van der Waals surface area contributed by atoms with Crippen molar-refractivity contribution in [2.75, 3.05) is 33.9 Å². The average Bonchev–Trinajstić information content (AvgIpc) is 3.10. The molecule has 21 heavy (non-hydrogen) atoms. The van der Waals surface area contributed by atoms with E-state index < -0.39 is 5.91 Å². The molecule has 7 nitrogen and oxygen atoms in total. The largest absolute Gasteiger partial charge is 0.454 e. The van der Waals surface area contributed by atoms with Crippen molar-refractivity contribution in [3.63, 3.8) is 0 Å². The minimum absolute atomic E-state index is 0.165. The number of ether oxygens (including phenoxy) is 1. The van der Waals surface area contributed by atoms with Gasteiger partial charge in [-0.25, -0.2) is 0 Å². The van der Waals surface area contributed by atoms with Gasteiger partial charge >= 0.3 is 0 Å². The fourth-order valence-corrected chi connectivity index (χ4v) is 2.36. The number of guanidine groups is 1. The molecule has 0 bridgehead atoms. The molecule has 0 aliphatic carbocycles. The van der Waals surface area contributed by atoms with Crippen LogP contribution in [-0.2, 0) is 11.3 Å². The smallest absolute Gasteiger partial charge is 0.284 e. The molecule has 1 aliphatic rings. The highest BCUT2D eigenvalue weighted by atomic mass is 16.5. The minimum Gasteiger partial charge on any atom is -0.454 e. The zero-order chi connectivity index (χ0) is 15.2. The molecule has 1 saturated heterocycles. The van der Waals surface area contributed by atoms with Crippen LogP contribution in [0.2, 0.25) is 0 Å². The summed E-state index contributed by atoms with van der Waals surface area (Å²) in [7, 11) is 3.73. The molecular formula is C14H22N4O3. The van der Waals surface area contributed by atoms with Crippen molar-refractivity contribution in [1.82, 2.24) is 10.2 Å². The predicted molar refractivity (Wildman–Crippen MR) is 79.0 cm³/mol. The van der Waals surface area contributed by atoms with Crippen LogP contribution < -0.4 is 11.1 Å². The average molecular weight is 294 g/mol. The number of amides is 1. The lowest BCUT2D eigenvalue weighted by atomic mass is 10.1. The summed E-state index contributed by atoms with van der Waals surface area (Å²) in [6.07, 6.45) is 1.08. The fraction of sp³-hybridized carbons (Fsp3) is 0.571. The number of nitrogens with two attached hydrogens (primary N) is 1. The second-order valence-electron chi connectivity index (χ2n) is 5.14. The molecule has 1 unspecified atom stereocenters. The first-order valence-electron chi connectivity index (χ1n) is 6.98. The summed E-state index contributed by atoms with van der Waals surface area (Å²) in [6, 6.07) is 3.30. The molecule has 0 saturated carbocycles. The van der Waals surface area contributed by atoms with E-state index in [-0.39, 0.29) is 5.76 Å². The number of rotatable bonds is 5. The summed E-state index contributed by atoms with van der Waals surface area (Å²) in [5.74, 6) is 1.56. The van der Waals surface area contributed by atoms with Crippen molar-refractivity contribution in [3.05, 3.63) is 23.7 Å². The Morgan fingerprint density at radius 3 is 2.95 bits per heavy atom. The van der Waals surface area contributed by atoms with Gasteiger partial charge in [-0.05, 0) is 18.6 Å². The highest BCUT2D eigenvalue weighted by Crippen LogP contribution is 2.13. The molecule has 0 radical (unpaired) electrons.